The van der Waals surface area contributed by atoms with E-state index in [1.54, 1.807) is 21.1 Å². The van der Waals surface area contributed by atoms with Crippen LogP contribution in [0.1, 0.15) is 41.1 Å². The Kier molecular flexibility index (Phi) is 15.7. The van der Waals surface area contributed by atoms with Gasteiger partial charge in [0.15, 0.2) is 0 Å². The van der Waals surface area contributed by atoms with Crippen LogP contribution in [0.3, 0.4) is 0 Å². The number of hydrogen-bond acceptors (Lipinski definition) is 14. The second kappa shape index (κ2) is 21.0. The number of carbonyl (C=O) groups is 1. The highest BCUT2D eigenvalue weighted by Gasteiger charge is 2.50. The van der Waals surface area contributed by atoms with E-state index in [0.29, 0.717) is 11.5 Å². The highest BCUT2D eigenvalue weighted by molar-refractivity contribution is 14.1. The molecule has 18 nitrogen and oxygen atoms in total. The molecule has 5 aromatic rings. The maximum absolute atomic E-state index is 13.4. The van der Waals surface area contributed by atoms with E-state index in [1.807, 2.05) is 101 Å². The van der Waals surface area contributed by atoms with Gasteiger partial charge in [0.25, 0.3) is 11.1 Å². The number of amides is 1. The van der Waals surface area contributed by atoms with Crippen LogP contribution in [-0.4, -0.2) is 92.9 Å². The molecule has 7 rings (SSSR count). The van der Waals surface area contributed by atoms with Crippen molar-refractivity contribution >= 4 is 58.2 Å². The summed E-state index contributed by atoms with van der Waals surface area (Å²) < 4.78 is 46.3. The van der Waals surface area contributed by atoms with Gasteiger partial charge in [-0.25, -0.2) is 9.59 Å². The Morgan fingerprint density at radius 2 is 1.51 bits per heavy atom. The molecule has 2 fully saturated rings. The zero-order valence-corrected chi connectivity index (χ0v) is 40.0. The van der Waals surface area contributed by atoms with Gasteiger partial charge in [-0.3, -0.25) is 33.5 Å². The summed E-state index contributed by atoms with van der Waals surface area (Å²) in [6.45, 7) is 0.933. The van der Waals surface area contributed by atoms with Gasteiger partial charge in [-0.1, -0.05) is 89.4 Å². The van der Waals surface area contributed by atoms with Crippen LogP contribution in [-0.2, 0) is 45.5 Å². The van der Waals surface area contributed by atoms with Crippen LogP contribution < -0.4 is 37.3 Å². The molecule has 65 heavy (non-hydrogen) atoms. The molecule has 4 N–H and O–H groups in total. The number of nitrogens with zero attached hydrogens (tertiary/aromatic N) is 2. The average Bonchev–Trinajstić information content (AvgIpc) is 3.84. The fourth-order valence-electron chi connectivity index (χ4n) is 7.94. The minimum Gasteiger partial charge on any atom is -0.497 e. The molecule has 8 atom stereocenters. The molecule has 22 heteroatoms. The van der Waals surface area contributed by atoms with Crippen molar-refractivity contribution in [2.75, 3.05) is 38.4 Å². The summed E-state index contributed by atoms with van der Waals surface area (Å²) in [5, 5.41) is 13.9. The number of halogens is 1. The van der Waals surface area contributed by atoms with Gasteiger partial charge in [-0.2, -0.15) is 0 Å². The molecule has 1 unspecified atom stereocenters. The summed E-state index contributed by atoms with van der Waals surface area (Å²) in [6.07, 6.45) is -3.65. The number of ether oxygens (including phenoxy) is 5. The van der Waals surface area contributed by atoms with Crippen molar-refractivity contribution in [1.29, 1.82) is 0 Å². The van der Waals surface area contributed by atoms with Gasteiger partial charge in [0.2, 0.25) is 11.6 Å². The molecule has 3 aromatic carbocycles. The molecule has 1 amide bonds. The van der Waals surface area contributed by atoms with E-state index >= 15 is 0 Å². The minimum atomic E-state index is -3.66. The number of methoxy groups -OCH3 is 2. The number of alkyl halides is 1. The monoisotopic (exact) mass is 1060 g/mol. The third kappa shape index (κ3) is 10.9. The third-order valence-electron chi connectivity index (χ3n) is 11.2. The smallest absolute Gasteiger partial charge is 0.330 e. The summed E-state index contributed by atoms with van der Waals surface area (Å²) in [5.74, 6) is 0.0709. The number of nitrogens with one attached hydrogen (secondary N) is 3. The Morgan fingerprint density at radius 1 is 0.892 bits per heavy atom. The Balaban J connectivity index is 1.26. The highest BCUT2D eigenvalue weighted by Crippen LogP contribution is 2.58. The Hall–Kier alpha value is -4.42. The summed E-state index contributed by atoms with van der Waals surface area (Å²) in [4.78, 5) is 67.6. The fraction of sp³-hybridized carbons (Fsp3) is 0.372. The number of aliphatic hydroxyl groups excluding tert-OH is 1. The first-order valence-electron chi connectivity index (χ1n) is 20.3. The van der Waals surface area contributed by atoms with Gasteiger partial charge in [0, 0.05) is 37.0 Å². The highest BCUT2D eigenvalue weighted by atomic mass is 127. The van der Waals surface area contributed by atoms with Gasteiger partial charge in [-0.15, -0.1) is 0 Å². The molecule has 346 valence electrons. The van der Waals surface area contributed by atoms with E-state index in [1.165, 1.54) is 27.6 Å². The first-order valence-corrected chi connectivity index (χ1v) is 25.6. The maximum atomic E-state index is 13.4. The molecule has 0 bridgehead atoms. The zero-order chi connectivity index (χ0) is 46.5. The molecular formula is C43H47IN5O13PS2. The Labute approximate surface area is 396 Å². The van der Waals surface area contributed by atoms with Crippen LogP contribution in [0.4, 0.5) is 0 Å². The summed E-state index contributed by atoms with van der Waals surface area (Å²) >= 11 is 12.5. The van der Waals surface area contributed by atoms with Crippen molar-refractivity contribution < 1.29 is 42.6 Å². The Morgan fingerprint density at radius 3 is 2.11 bits per heavy atom. The predicted molar refractivity (Wildman–Crippen MR) is 254 cm³/mol. The number of hydrogen-bond donors (Lipinski definition) is 5. The molecule has 2 aromatic heterocycles. The summed E-state index contributed by atoms with van der Waals surface area (Å²) in [5.41, 5.74) is -5.15. The van der Waals surface area contributed by atoms with E-state index in [-0.39, 0.29) is 42.1 Å². The van der Waals surface area contributed by atoms with E-state index in [0.717, 1.165) is 16.7 Å². The van der Waals surface area contributed by atoms with Crippen molar-refractivity contribution in [2.45, 2.75) is 55.8 Å². The number of thiol groups is 1. The van der Waals surface area contributed by atoms with E-state index < -0.39 is 76.6 Å². The quantitative estimate of drug-likeness (QED) is 0.0278. The number of aryl methyl sites for hydroxylation is 1. The number of aromatic amines is 2. The molecule has 2 aliphatic rings. The molecule has 0 radical (unpaired) electrons. The Bertz CT molecular complexity index is 2690. The van der Waals surface area contributed by atoms with Crippen molar-refractivity contribution in [3.05, 3.63) is 161 Å². The van der Waals surface area contributed by atoms with Crippen LogP contribution in [0.2, 0.25) is 0 Å². The van der Waals surface area contributed by atoms with Crippen LogP contribution in [0.25, 0.3) is 0 Å². The largest absolute Gasteiger partial charge is 0.497 e. The molecular weight excluding hydrogens is 1020 g/mol. The van der Waals surface area contributed by atoms with Gasteiger partial charge in [0.1, 0.15) is 47.9 Å². The SMILES string of the molecule is COc1ccc(C(OC[C@H]2O[C@@H](n3ccc(=O)[nH]c3=O)[C@H](CNC(=O)CI)[C@@H]2OP(=S)(S)OC[C@H]2O[C@@H](n3cc(C)c(=O)[nH]c3=O)C[C@@H]2O)(c2ccccc2)c2ccc(OC)cc2)cc1. The molecule has 2 saturated heterocycles. The lowest BCUT2D eigenvalue weighted by molar-refractivity contribution is -0.118. The van der Waals surface area contributed by atoms with Crippen LogP contribution in [0.15, 0.2) is 117 Å². The number of aromatic nitrogens is 4. The first kappa shape index (κ1) is 48.5. The number of H-pyrrole nitrogens is 2. The molecule has 0 aliphatic carbocycles. The van der Waals surface area contributed by atoms with Crippen LogP contribution in [0.5, 0.6) is 11.5 Å². The predicted octanol–water partition coefficient (Wildman–Crippen LogP) is 3.69. The van der Waals surface area contributed by atoms with Gasteiger partial charge < -0.3 is 43.2 Å². The summed E-state index contributed by atoms with van der Waals surface area (Å²) in [7, 11) is 3.15. The lowest BCUT2D eigenvalue weighted by atomic mass is 9.80. The van der Waals surface area contributed by atoms with Gasteiger partial charge >= 0.3 is 11.4 Å². The van der Waals surface area contributed by atoms with Crippen LogP contribution in [0, 0.1) is 12.8 Å². The number of aliphatic hydroxyl groups is 1. The van der Waals surface area contributed by atoms with E-state index in [4.69, 9.17) is 56.8 Å². The molecule has 2 aliphatic heterocycles. The maximum Gasteiger partial charge on any atom is 0.330 e. The van der Waals surface area contributed by atoms with Crippen LogP contribution >= 0.6 is 40.5 Å². The average molecular weight is 1060 g/mol. The van der Waals surface area contributed by atoms with Crippen molar-refractivity contribution in [1.82, 2.24) is 24.4 Å². The molecule has 0 saturated carbocycles. The topological polar surface area (TPSA) is 224 Å². The number of carbonyl (C=O) groups excluding carboxylic acids is 1. The lowest BCUT2D eigenvalue weighted by Crippen LogP contribution is -2.43. The molecule has 4 heterocycles. The normalized spacial score (nSPS) is 22.9. The first-order chi connectivity index (χ1) is 31.2. The van der Waals surface area contributed by atoms with Crippen molar-refractivity contribution in [3.8, 4) is 11.5 Å². The fourth-order valence-corrected chi connectivity index (χ4v) is 10.2. The van der Waals surface area contributed by atoms with Crippen molar-refractivity contribution in [2.24, 2.45) is 5.92 Å². The van der Waals surface area contributed by atoms with Crippen molar-refractivity contribution in [3.63, 3.8) is 0 Å². The number of benzene rings is 3. The summed E-state index contributed by atoms with van der Waals surface area (Å²) in [6, 6.07) is 25.6. The van der Waals surface area contributed by atoms with Gasteiger partial charge in [0.05, 0.1) is 43.9 Å². The zero-order valence-electron chi connectivity index (χ0n) is 35.2. The molecule has 0 spiro atoms. The van der Waals surface area contributed by atoms with E-state index in [9.17, 15) is 29.1 Å². The minimum absolute atomic E-state index is 0.00529. The van der Waals surface area contributed by atoms with E-state index in [2.05, 4.69) is 15.3 Å². The van der Waals surface area contributed by atoms with Gasteiger partial charge in [-0.05, 0) is 59.7 Å². The third-order valence-corrected chi connectivity index (χ3v) is 14.1. The number of rotatable bonds is 18. The lowest BCUT2D eigenvalue weighted by Gasteiger charge is -2.37. The second-order valence-corrected chi connectivity index (χ2v) is 21.2. The standard InChI is InChI=1S/C43H47IN5O13PS2/c1-25-22-49(42(55)47-39(25)53)37-19-32(50)33(60-37)24-59-63(64,65)62-38-31(21-45-36(52)20-44)40(48-18-17-35(51)46-41(48)54)61-34(38)23-58-43(26-7-5-4-6-8-26,27-9-13-29(56-2)14-10-27)28-11-15-30(57-3)16-12-28/h4-18,22,31-34,37-38,40,50H,19-21,23-24H2,1-3H3,(H,45,52)(H,64,65)(H,46,51,54)(H,47,53,55)/t31-,32+,33-,34-,37-,38+,40-/m1/s1. The second-order valence-electron chi connectivity index (χ2n) is 15.2.